The number of halogens is 1. The molecule has 19 heavy (non-hydrogen) atoms. The molecule has 0 fully saturated rings. The van der Waals surface area contributed by atoms with E-state index in [1.165, 1.54) is 19.5 Å². The number of ether oxygens (including phenoxy) is 1. The van der Waals surface area contributed by atoms with Crippen LogP contribution in [0.2, 0.25) is 0 Å². The number of nitrogens with zero attached hydrogens (tertiary/aromatic N) is 2. The quantitative estimate of drug-likeness (QED) is 0.866. The molecule has 1 aromatic carbocycles. The number of hydrogen-bond acceptors (Lipinski definition) is 5. The minimum Gasteiger partial charge on any atom is -0.496 e. The summed E-state index contributed by atoms with van der Waals surface area (Å²) in [6, 6.07) is 4.63. The molecular weight excluding hydrogens is 249 g/mol. The van der Waals surface area contributed by atoms with E-state index in [0.29, 0.717) is 30.2 Å². The SMILES string of the molecule is COc1cccc(F)c1C(C)NCCc1ncno1. The number of benzene rings is 1. The van der Waals surface area contributed by atoms with Crippen molar-refractivity contribution in [2.45, 2.75) is 19.4 Å². The van der Waals surface area contributed by atoms with Gasteiger partial charge < -0.3 is 14.6 Å². The zero-order valence-electron chi connectivity index (χ0n) is 10.9. The van der Waals surface area contributed by atoms with Crippen LogP contribution in [-0.2, 0) is 6.42 Å². The van der Waals surface area contributed by atoms with E-state index in [9.17, 15) is 4.39 Å². The molecule has 0 bridgehead atoms. The largest absolute Gasteiger partial charge is 0.496 e. The van der Waals surface area contributed by atoms with Gasteiger partial charge in [-0.25, -0.2) is 4.39 Å². The van der Waals surface area contributed by atoms with Gasteiger partial charge in [0.15, 0.2) is 6.33 Å². The highest BCUT2D eigenvalue weighted by atomic mass is 19.1. The van der Waals surface area contributed by atoms with Gasteiger partial charge >= 0.3 is 0 Å². The van der Waals surface area contributed by atoms with Crippen LogP contribution in [0.4, 0.5) is 4.39 Å². The molecule has 0 spiro atoms. The number of nitrogens with one attached hydrogen (secondary N) is 1. The second-order valence-electron chi connectivity index (χ2n) is 4.12. The Hall–Kier alpha value is -1.95. The predicted molar refractivity (Wildman–Crippen MR) is 67.4 cm³/mol. The lowest BCUT2D eigenvalue weighted by atomic mass is 10.1. The van der Waals surface area contributed by atoms with Gasteiger partial charge in [0.2, 0.25) is 5.89 Å². The van der Waals surface area contributed by atoms with E-state index >= 15 is 0 Å². The Morgan fingerprint density at radius 3 is 3.00 bits per heavy atom. The second kappa shape index (κ2) is 6.29. The van der Waals surface area contributed by atoms with E-state index in [1.54, 1.807) is 12.1 Å². The molecule has 0 radical (unpaired) electrons. The molecule has 1 atom stereocenters. The summed E-state index contributed by atoms with van der Waals surface area (Å²) in [6.07, 6.45) is 1.96. The number of rotatable bonds is 6. The van der Waals surface area contributed by atoms with Crippen LogP contribution in [0.15, 0.2) is 29.0 Å². The van der Waals surface area contributed by atoms with Gasteiger partial charge in [0.1, 0.15) is 11.6 Å². The molecule has 6 heteroatoms. The predicted octanol–water partition coefficient (Wildman–Crippen LogP) is 2.11. The van der Waals surface area contributed by atoms with Gasteiger partial charge in [-0.3, -0.25) is 0 Å². The van der Waals surface area contributed by atoms with Crippen LogP contribution in [0.25, 0.3) is 0 Å². The molecule has 1 aromatic heterocycles. The Bertz CT molecular complexity index is 517. The fraction of sp³-hybridized carbons (Fsp3) is 0.385. The molecule has 1 N–H and O–H groups in total. The highest BCUT2D eigenvalue weighted by molar-refractivity contribution is 5.36. The number of hydrogen-bond donors (Lipinski definition) is 1. The van der Waals surface area contributed by atoms with Crippen molar-refractivity contribution >= 4 is 0 Å². The normalized spacial score (nSPS) is 12.4. The second-order valence-corrected chi connectivity index (χ2v) is 4.12. The summed E-state index contributed by atoms with van der Waals surface area (Å²) >= 11 is 0. The Morgan fingerprint density at radius 2 is 2.32 bits per heavy atom. The topological polar surface area (TPSA) is 60.2 Å². The van der Waals surface area contributed by atoms with Crippen molar-refractivity contribution in [3.63, 3.8) is 0 Å². The number of methoxy groups -OCH3 is 1. The zero-order chi connectivity index (χ0) is 13.7. The first-order valence-electron chi connectivity index (χ1n) is 6.03. The zero-order valence-corrected chi connectivity index (χ0v) is 10.9. The first-order valence-corrected chi connectivity index (χ1v) is 6.03. The van der Waals surface area contributed by atoms with Crippen molar-refractivity contribution < 1.29 is 13.7 Å². The van der Waals surface area contributed by atoms with Gasteiger partial charge in [0.25, 0.3) is 0 Å². The van der Waals surface area contributed by atoms with Crippen molar-refractivity contribution in [1.29, 1.82) is 0 Å². The summed E-state index contributed by atoms with van der Waals surface area (Å²) in [4.78, 5) is 3.92. The van der Waals surface area contributed by atoms with Crippen molar-refractivity contribution in [3.05, 3.63) is 41.8 Å². The molecule has 0 amide bonds. The van der Waals surface area contributed by atoms with Crippen molar-refractivity contribution in [2.24, 2.45) is 0 Å². The average molecular weight is 265 g/mol. The lowest BCUT2D eigenvalue weighted by Gasteiger charge is -2.17. The minimum atomic E-state index is -0.280. The van der Waals surface area contributed by atoms with Gasteiger partial charge in [0.05, 0.1) is 7.11 Å². The molecular formula is C13H16FN3O2. The summed E-state index contributed by atoms with van der Waals surface area (Å²) in [5.41, 5.74) is 0.524. The third kappa shape index (κ3) is 3.29. The maximum absolute atomic E-state index is 13.8. The molecule has 2 aromatic rings. The van der Waals surface area contributed by atoms with E-state index in [1.807, 2.05) is 6.92 Å². The lowest BCUT2D eigenvalue weighted by molar-refractivity contribution is 0.369. The van der Waals surface area contributed by atoms with Crippen LogP contribution in [-0.4, -0.2) is 23.8 Å². The van der Waals surface area contributed by atoms with E-state index in [0.717, 1.165) is 0 Å². The van der Waals surface area contributed by atoms with E-state index < -0.39 is 0 Å². The Labute approximate surface area is 110 Å². The van der Waals surface area contributed by atoms with Gasteiger partial charge in [0, 0.05) is 24.6 Å². The number of aromatic nitrogens is 2. The van der Waals surface area contributed by atoms with Crippen LogP contribution in [0.3, 0.4) is 0 Å². The fourth-order valence-electron chi connectivity index (χ4n) is 1.92. The Kier molecular flexibility index (Phi) is 4.46. The summed E-state index contributed by atoms with van der Waals surface area (Å²) < 4.78 is 23.9. The Morgan fingerprint density at radius 1 is 1.47 bits per heavy atom. The first-order chi connectivity index (χ1) is 9.22. The third-order valence-corrected chi connectivity index (χ3v) is 2.86. The lowest BCUT2D eigenvalue weighted by Crippen LogP contribution is -2.22. The summed E-state index contributed by atoms with van der Waals surface area (Å²) in [5, 5.41) is 6.73. The van der Waals surface area contributed by atoms with E-state index in [4.69, 9.17) is 9.26 Å². The molecule has 0 saturated heterocycles. The molecule has 102 valence electrons. The summed E-state index contributed by atoms with van der Waals surface area (Å²) in [6.45, 7) is 2.50. The first kappa shape index (κ1) is 13.5. The highest BCUT2D eigenvalue weighted by Crippen LogP contribution is 2.27. The average Bonchev–Trinajstić information content (AvgIpc) is 2.91. The van der Waals surface area contributed by atoms with Crippen LogP contribution in [0, 0.1) is 5.82 Å². The van der Waals surface area contributed by atoms with Crippen molar-refractivity contribution in [1.82, 2.24) is 15.5 Å². The Balaban J connectivity index is 1.97. The van der Waals surface area contributed by atoms with Gasteiger partial charge in [-0.1, -0.05) is 11.2 Å². The minimum absolute atomic E-state index is 0.168. The van der Waals surface area contributed by atoms with Gasteiger partial charge in [-0.15, -0.1) is 0 Å². The smallest absolute Gasteiger partial charge is 0.227 e. The van der Waals surface area contributed by atoms with Gasteiger partial charge in [-0.05, 0) is 19.1 Å². The maximum Gasteiger partial charge on any atom is 0.227 e. The van der Waals surface area contributed by atoms with Crippen LogP contribution >= 0.6 is 0 Å². The fourth-order valence-corrected chi connectivity index (χ4v) is 1.92. The van der Waals surface area contributed by atoms with E-state index in [-0.39, 0.29) is 11.9 Å². The molecule has 1 heterocycles. The molecule has 5 nitrogen and oxygen atoms in total. The van der Waals surface area contributed by atoms with Crippen molar-refractivity contribution in [3.8, 4) is 5.75 Å². The third-order valence-electron chi connectivity index (χ3n) is 2.86. The molecule has 0 aliphatic heterocycles. The summed E-state index contributed by atoms with van der Waals surface area (Å²) in [5.74, 6) is 0.815. The standard InChI is InChI=1S/C13H16FN3O2/c1-9(15-7-6-12-16-8-17-19-12)13-10(14)4-3-5-11(13)18-2/h3-5,8-9,15H,6-7H2,1-2H3. The monoisotopic (exact) mass is 265 g/mol. The molecule has 0 aliphatic rings. The van der Waals surface area contributed by atoms with E-state index in [2.05, 4.69) is 15.5 Å². The van der Waals surface area contributed by atoms with Crippen molar-refractivity contribution in [2.75, 3.05) is 13.7 Å². The van der Waals surface area contributed by atoms with Gasteiger partial charge in [-0.2, -0.15) is 4.98 Å². The molecule has 0 saturated carbocycles. The summed E-state index contributed by atoms with van der Waals surface area (Å²) in [7, 11) is 1.53. The molecule has 0 aliphatic carbocycles. The van der Waals surface area contributed by atoms with Crippen LogP contribution in [0.5, 0.6) is 5.75 Å². The maximum atomic E-state index is 13.8. The van der Waals surface area contributed by atoms with Crippen LogP contribution < -0.4 is 10.1 Å². The van der Waals surface area contributed by atoms with Crippen LogP contribution in [0.1, 0.15) is 24.4 Å². The molecule has 1 unspecified atom stereocenters. The molecule has 2 rings (SSSR count). The highest BCUT2D eigenvalue weighted by Gasteiger charge is 2.15.